The van der Waals surface area contributed by atoms with E-state index >= 15 is 0 Å². The molecule has 1 N–H and O–H groups in total. The van der Waals surface area contributed by atoms with E-state index in [-0.39, 0.29) is 18.3 Å². The number of carbonyl (C=O) groups is 1. The van der Waals surface area contributed by atoms with Crippen molar-refractivity contribution >= 4 is 5.97 Å². The first-order chi connectivity index (χ1) is 9.56. The molecule has 110 valence electrons. The molecule has 0 amide bonds. The van der Waals surface area contributed by atoms with Crippen molar-refractivity contribution in [2.75, 3.05) is 13.1 Å². The number of rotatable bonds is 5. The third kappa shape index (κ3) is 4.04. The summed E-state index contributed by atoms with van der Waals surface area (Å²) in [5.41, 5.74) is 1.01. The second-order valence-electron chi connectivity index (χ2n) is 5.64. The Morgan fingerprint density at radius 1 is 1.45 bits per heavy atom. The van der Waals surface area contributed by atoms with Crippen LogP contribution in [0, 0.1) is 11.7 Å². The molecule has 1 aliphatic rings. The van der Waals surface area contributed by atoms with Crippen LogP contribution < -0.4 is 0 Å². The Hall–Kier alpha value is -1.42. The van der Waals surface area contributed by atoms with E-state index in [1.165, 1.54) is 6.07 Å². The van der Waals surface area contributed by atoms with Crippen LogP contribution in [0.3, 0.4) is 0 Å². The summed E-state index contributed by atoms with van der Waals surface area (Å²) >= 11 is 0. The van der Waals surface area contributed by atoms with Crippen molar-refractivity contribution in [3.05, 3.63) is 35.6 Å². The number of carboxylic acid groups (broad SMARTS) is 1. The van der Waals surface area contributed by atoms with Crippen molar-refractivity contribution in [2.45, 2.75) is 38.6 Å². The van der Waals surface area contributed by atoms with Gasteiger partial charge >= 0.3 is 5.97 Å². The van der Waals surface area contributed by atoms with Gasteiger partial charge < -0.3 is 5.11 Å². The van der Waals surface area contributed by atoms with Gasteiger partial charge in [0.25, 0.3) is 0 Å². The summed E-state index contributed by atoms with van der Waals surface area (Å²) in [6, 6.07) is 6.99. The van der Waals surface area contributed by atoms with Gasteiger partial charge in [0.05, 0.1) is 0 Å². The largest absolute Gasteiger partial charge is 0.481 e. The highest BCUT2D eigenvalue weighted by atomic mass is 19.1. The Morgan fingerprint density at radius 3 is 2.75 bits per heavy atom. The van der Waals surface area contributed by atoms with Crippen LogP contribution in [-0.2, 0) is 4.79 Å². The number of hydrogen-bond donors (Lipinski definition) is 1. The Balaban J connectivity index is 1.85. The summed E-state index contributed by atoms with van der Waals surface area (Å²) in [4.78, 5) is 12.9. The van der Waals surface area contributed by atoms with Gasteiger partial charge in [0.2, 0.25) is 0 Å². The average molecular weight is 279 g/mol. The summed E-state index contributed by atoms with van der Waals surface area (Å²) < 4.78 is 13.3. The third-order valence-electron chi connectivity index (χ3n) is 4.29. The topological polar surface area (TPSA) is 40.5 Å². The SMILES string of the molecule is CC(c1cccc(F)c1)N1CCC(CCC(=O)O)CC1. The minimum Gasteiger partial charge on any atom is -0.481 e. The van der Waals surface area contributed by atoms with E-state index in [0.717, 1.165) is 37.9 Å². The van der Waals surface area contributed by atoms with E-state index in [4.69, 9.17) is 5.11 Å². The van der Waals surface area contributed by atoms with Gasteiger partial charge in [-0.2, -0.15) is 0 Å². The molecule has 1 heterocycles. The van der Waals surface area contributed by atoms with Crippen LogP contribution >= 0.6 is 0 Å². The molecular formula is C16H22FNO2. The van der Waals surface area contributed by atoms with Gasteiger partial charge in [-0.1, -0.05) is 12.1 Å². The van der Waals surface area contributed by atoms with E-state index in [9.17, 15) is 9.18 Å². The summed E-state index contributed by atoms with van der Waals surface area (Å²) in [6.45, 7) is 4.02. The standard InChI is InChI=1S/C16H22FNO2/c1-12(14-3-2-4-15(17)11-14)18-9-7-13(8-10-18)5-6-16(19)20/h2-4,11-13H,5-10H2,1H3,(H,19,20). The van der Waals surface area contributed by atoms with Gasteiger partial charge in [-0.05, 0) is 62.9 Å². The number of aliphatic carboxylic acids is 1. The third-order valence-corrected chi connectivity index (χ3v) is 4.29. The lowest BCUT2D eigenvalue weighted by molar-refractivity contribution is -0.137. The molecule has 2 rings (SSSR count). The zero-order chi connectivity index (χ0) is 14.5. The summed E-state index contributed by atoms with van der Waals surface area (Å²) in [5, 5.41) is 8.71. The smallest absolute Gasteiger partial charge is 0.303 e. The lowest BCUT2D eigenvalue weighted by Gasteiger charge is -2.36. The molecule has 1 atom stereocenters. The highest BCUT2D eigenvalue weighted by molar-refractivity contribution is 5.66. The van der Waals surface area contributed by atoms with Crippen LogP contribution in [0.1, 0.15) is 44.2 Å². The minimum absolute atomic E-state index is 0.189. The fourth-order valence-corrected chi connectivity index (χ4v) is 2.93. The minimum atomic E-state index is -0.708. The Morgan fingerprint density at radius 2 is 2.15 bits per heavy atom. The number of piperidine rings is 1. The average Bonchev–Trinajstić information content (AvgIpc) is 2.45. The number of likely N-dealkylation sites (tertiary alicyclic amines) is 1. The van der Waals surface area contributed by atoms with Crippen molar-refractivity contribution in [1.82, 2.24) is 4.90 Å². The molecule has 1 unspecified atom stereocenters. The molecule has 20 heavy (non-hydrogen) atoms. The second kappa shape index (κ2) is 6.84. The number of halogens is 1. The van der Waals surface area contributed by atoms with Crippen LogP contribution in [0.15, 0.2) is 24.3 Å². The van der Waals surface area contributed by atoms with Crippen molar-refractivity contribution in [2.24, 2.45) is 5.92 Å². The van der Waals surface area contributed by atoms with Crippen LogP contribution in [0.2, 0.25) is 0 Å². The van der Waals surface area contributed by atoms with Crippen LogP contribution in [0.5, 0.6) is 0 Å². The Labute approximate surface area is 119 Å². The molecule has 1 aromatic rings. The van der Waals surface area contributed by atoms with Crippen molar-refractivity contribution in [1.29, 1.82) is 0 Å². The van der Waals surface area contributed by atoms with Crippen LogP contribution in [0.25, 0.3) is 0 Å². The van der Waals surface area contributed by atoms with E-state index in [1.807, 2.05) is 6.07 Å². The molecule has 0 spiro atoms. The zero-order valence-corrected chi connectivity index (χ0v) is 11.9. The number of nitrogens with zero attached hydrogens (tertiary/aromatic N) is 1. The maximum atomic E-state index is 13.3. The highest BCUT2D eigenvalue weighted by Crippen LogP contribution is 2.28. The molecule has 4 heteroatoms. The fourth-order valence-electron chi connectivity index (χ4n) is 2.93. The van der Waals surface area contributed by atoms with E-state index in [1.54, 1.807) is 12.1 Å². The Bertz CT molecular complexity index is 456. The number of benzene rings is 1. The molecule has 0 aromatic heterocycles. The summed E-state index contributed by atoms with van der Waals surface area (Å²) in [6.07, 6.45) is 3.11. The molecule has 1 saturated heterocycles. The Kier molecular flexibility index (Phi) is 5.12. The summed E-state index contributed by atoms with van der Waals surface area (Å²) in [5.74, 6) is -0.381. The van der Waals surface area contributed by atoms with Gasteiger partial charge in [0.15, 0.2) is 0 Å². The second-order valence-corrected chi connectivity index (χ2v) is 5.64. The van der Waals surface area contributed by atoms with Gasteiger partial charge in [0.1, 0.15) is 5.82 Å². The quantitative estimate of drug-likeness (QED) is 0.897. The van der Waals surface area contributed by atoms with E-state index < -0.39 is 5.97 Å². The molecule has 0 radical (unpaired) electrons. The lowest BCUT2D eigenvalue weighted by Crippen LogP contribution is -2.35. The van der Waals surface area contributed by atoms with E-state index in [2.05, 4.69) is 11.8 Å². The van der Waals surface area contributed by atoms with Crippen molar-refractivity contribution in [3.8, 4) is 0 Å². The molecule has 1 aromatic carbocycles. The first-order valence-electron chi connectivity index (χ1n) is 7.27. The molecule has 0 aliphatic carbocycles. The van der Waals surface area contributed by atoms with Crippen molar-refractivity contribution in [3.63, 3.8) is 0 Å². The number of carboxylic acids is 1. The molecule has 1 aliphatic heterocycles. The molecule has 3 nitrogen and oxygen atoms in total. The van der Waals surface area contributed by atoms with Crippen LogP contribution in [-0.4, -0.2) is 29.1 Å². The summed E-state index contributed by atoms with van der Waals surface area (Å²) in [7, 11) is 0. The number of hydrogen-bond acceptors (Lipinski definition) is 2. The highest BCUT2D eigenvalue weighted by Gasteiger charge is 2.23. The van der Waals surface area contributed by atoms with Gasteiger partial charge in [-0.15, -0.1) is 0 Å². The fraction of sp³-hybridized carbons (Fsp3) is 0.562. The maximum absolute atomic E-state index is 13.3. The van der Waals surface area contributed by atoms with Gasteiger partial charge in [0, 0.05) is 12.5 Å². The van der Waals surface area contributed by atoms with Gasteiger partial charge in [-0.3, -0.25) is 9.69 Å². The predicted molar refractivity (Wildman–Crippen MR) is 76.0 cm³/mol. The van der Waals surface area contributed by atoms with Gasteiger partial charge in [-0.25, -0.2) is 4.39 Å². The molecule has 0 saturated carbocycles. The first kappa shape index (κ1) is 15.0. The monoisotopic (exact) mass is 279 g/mol. The first-order valence-corrected chi connectivity index (χ1v) is 7.27. The predicted octanol–water partition coefficient (Wildman–Crippen LogP) is 3.46. The molecular weight excluding hydrogens is 257 g/mol. The van der Waals surface area contributed by atoms with E-state index in [0.29, 0.717) is 5.92 Å². The normalized spacial score (nSPS) is 18.9. The molecule has 0 bridgehead atoms. The zero-order valence-electron chi connectivity index (χ0n) is 11.9. The van der Waals surface area contributed by atoms with Crippen LogP contribution in [0.4, 0.5) is 4.39 Å². The molecule has 1 fully saturated rings. The van der Waals surface area contributed by atoms with Crippen molar-refractivity contribution < 1.29 is 14.3 Å². The maximum Gasteiger partial charge on any atom is 0.303 e. The lowest BCUT2D eigenvalue weighted by atomic mass is 9.91.